The van der Waals surface area contributed by atoms with E-state index in [0.29, 0.717) is 16.5 Å². The van der Waals surface area contributed by atoms with Crippen LogP contribution in [0.5, 0.6) is 0 Å². The van der Waals surface area contributed by atoms with Gasteiger partial charge in [-0.1, -0.05) is 11.6 Å². The van der Waals surface area contributed by atoms with Crippen LogP contribution in [-0.4, -0.2) is 49.9 Å². The van der Waals surface area contributed by atoms with Crippen LogP contribution < -0.4 is 0 Å². The first-order chi connectivity index (χ1) is 9.03. The number of rotatable bonds is 5. The molecule has 1 N–H and O–H groups in total. The summed E-state index contributed by atoms with van der Waals surface area (Å²) in [6.07, 6.45) is 1.96. The van der Waals surface area contributed by atoms with E-state index in [0.717, 1.165) is 19.4 Å². The van der Waals surface area contributed by atoms with Gasteiger partial charge in [0.15, 0.2) is 9.84 Å². The lowest BCUT2D eigenvalue weighted by Gasteiger charge is -2.22. The number of hydrogen-bond donors (Lipinski definition) is 1. The molecule has 2 rings (SSSR count). The van der Waals surface area contributed by atoms with Gasteiger partial charge < -0.3 is 5.11 Å². The highest BCUT2D eigenvalue weighted by atomic mass is 35.5. The Hall–Kier alpha value is -0.620. The molecule has 1 atom stereocenters. The predicted molar refractivity (Wildman–Crippen MR) is 75.2 cm³/mol. The SMILES string of the molecule is O=S(=O)(CCN1CCC[C@H]1CO)c1ccc(Cl)cc1. The Bertz CT molecular complexity index is 515. The first-order valence-corrected chi connectivity index (χ1v) is 8.39. The fraction of sp³-hybridized carbons (Fsp3) is 0.538. The standard InChI is InChI=1S/C13H18ClNO3S/c14-11-3-5-13(6-4-11)19(17,18)9-8-15-7-1-2-12(15)10-16/h3-6,12,16H,1-2,7-10H2/t12-/m0/s1. The van der Waals surface area contributed by atoms with E-state index in [2.05, 4.69) is 0 Å². The maximum absolute atomic E-state index is 12.2. The summed E-state index contributed by atoms with van der Waals surface area (Å²) in [5.74, 6) is 0.0745. The van der Waals surface area contributed by atoms with Crippen molar-refractivity contribution < 1.29 is 13.5 Å². The molecule has 19 heavy (non-hydrogen) atoms. The van der Waals surface area contributed by atoms with Crippen LogP contribution in [-0.2, 0) is 9.84 Å². The number of aliphatic hydroxyl groups is 1. The molecule has 0 amide bonds. The molecule has 1 aromatic rings. The van der Waals surface area contributed by atoms with Crippen molar-refractivity contribution in [1.29, 1.82) is 0 Å². The number of likely N-dealkylation sites (tertiary alicyclic amines) is 1. The Morgan fingerprint density at radius 3 is 2.63 bits per heavy atom. The van der Waals surface area contributed by atoms with Gasteiger partial charge in [-0.2, -0.15) is 0 Å². The summed E-state index contributed by atoms with van der Waals surface area (Å²) < 4.78 is 24.3. The van der Waals surface area contributed by atoms with Crippen molar-refractivity contribution in [3.63, 3.8) is 0 Å². The second kappa shape index (κ2) is 6.22. The fourth-order valence-electron chi connectivity index (χ4n) is 2.39. The maximum Gasteiger partial charge on any atom is 0.179 e. The third-order valence-corrected chi connectivity index (χ3v) is 5.49. The molecule has 0 aromatic heterocycles. The van der Waals surface area contributed by atoms with Crippen LogP contribution >= 0.6 is 11.6 Å². The van der Waals surface area contributed by atoms with Gasteiger partial charge in [0.1, 0.15) is 0 Å². The van der Waals surface area contributed by atoms with Crippen LogP contribution in [0.15, 0.2) is 29.2 Å². The summed E-state index contributed by atoms with van der Waals surface area (Å²) >= 11 is 5.75. The van der Waals surface area contributed by atoms with Gasteiger partial charge in [-0.3, -0.25) is 4.90 Å². The molecule has 1 heterocycles. The van der Waals surface area contributed by atoms with Crippen LogP contribution in [0.3, 0.4) is 0 Å². The van der Waals surface area contributed by atoms with Crippen molar-refractivity contribution in [3.05, 3.63) is 29.3 Å². The lowest BCUT2D eigenvalue weighted by molar-refractivity contribution is 0.165. The smallest absolute Gasteiger partial charge is 0.179 e. The second-order valence-corrected chi connectivity index (χ2v) is 7.33. The van der Waals surface area contributed by atoms with Crippen molar-refractivity contribution in [2.75, 3.05) is 25.4 Å². The average Bonchev–Trinajstić information content (AvgIpc) is 2.84. The van der Waals surface area contributed by atoms with Gasteiger partial charge in [0, 0.05) is 17.6 Å². The van der Waals surface area contributed by atoms with E-state index in [1.807, 2.05) is 4.90 Å². The third kappa shape index (κ3) is 3.69. The Balaban J connectivity index is 2.00. The maximum atomic E-state index is 12.2. The van der Waals surface area contributed by atoms with E-state index in [1.54, 1.807) is 12.1 Å². The Kier molecular flexibility index (Phi) is 4.84. The zero-order chi connectivity index (χ0) is 13.9. The molecule has 0 radical (unpaired) electrons. The van der Waals surface area contributed by atoms with Crippen molar-refractivity contribution >= 4 is 21.4 Å². The number of halogens is 1. The van der Waals surface area contributed by atoms with E-state index >= 15 is 0 Å². The van der Waals surface area contributed by atoms with Gasteiger partial charge in [-0.05, 0) is 43.7 Å². The van der Waals surface area contributed by atoms with Crippen LogP contribution in [0, 0.1) is 0 Å². The van der Waals surface area contributed by atoms with Crippen LogP contribution in [0.2, 0.25) is 5.02 Å². The summed E-state index contributed by atoms with van der Waals surface area (Å²) in [7, 11) is -3.28. The number of sulfone groups is 1. The van der Waals surface area contributed by atoms with E-state index in [-0.39, 0.29) is 18.4 Å². The van der Waals surface area contributed by atoms with Crippen LogP contribution in [0.25, 0.3) is 0 Å². The minimum Gasteiger partial charge on any atom is -0.395 e. The highest BCUT2D eigenvalue weighted by molar-refractivity contribution is 7.91. The van der Waals surface area contributed by atoms with Gasteiger partial charge in [0.2, 0.25) is 0 Å². The highest BCUT2D eigenvalue weighted by Gasteiger charge is 2.25. The lowest BCUT2D eigenvalue weighted by Crippen LogP contribution is -2.35. The normalized spacial score (nSPS) is 20.8. The summed E-state index contributed by atoms with van der Waals surface area (Å²) in [5, 5.41) is 9.73. The fourth-order valence-corrected chi connectivity index (χ4v) is 3.78. The molecule has 1 fully saturated rings. The molecule has 6 heteroatoms. The largest absolute Gasteiger partial charge is 0.395 e. The summed E-state index contributed by atoms with van der Waals surface area (Å²) in [5.41, 5.74) is 0. The first-order valence-electron chi connectivity index (χ1n) is 6.36. The molecule has 0 unspecified atom stereocenters. The highest BCUT2D eigenvalue weighted by Crippen LogP contribution is 2.19. The van der Waals surface area contributed by atoms with Crippen molar-refractivity contribution in [3.8, 4) is 0 Å². The van der Waals surface area contributed by atoms with E-state index in [1.165, 1.54) is 12.1 Å². The molecule has 1 aliphatic heterocycles. The van der Waals surface area contributed by atoms with Crippen molar-refractivity contribution in [2.45, 2.75) is 23.8 Å². The van der Waals surface area contributed by atoms with Gasteiger partial charge in [0.25, 0.3) is 0 Å². The molecule has 0 bridgehead atoms. The van der Waals surface area contributed by atoms with Gasteiger partial charge in [0.05, 0.1) is 17.3 Å². The van der Waals surface area contributed by atoms with E-state index < -0.39 is 9.84 Å². The summed E-state index contributed by atoms with van der Waals surface area (Å²) in [4.78, 5) is 2.35. The van der Waals surface area contributed by atoms with Gasteiger partial charge in [-0.25, -0.2) is 8.42 Å². The Morgan fingerprint density at radius 1 is 1.32 bits per heavy atom. The lowest BCUT2D eigenvalue weighted by atomic mass is 10.2. The minimum absolute atomic E-state index is 0.0745. The zero-order valence-electron chi connectivity index (χ0n) is 10.6. The predicted octanol–water partition coefficient (Wildman–Crippen LogP) is 1.57. The summed E-state index contributed by atoms with van der Waals surface area (Å²) in [6.45, 7) is 1.43. The molecule has 0 saturated carbocycles. The zero-order valence-corrected chi connectivity index (χ0v) is 12.2. The minimum atomic E-state index is -3.28. The number of nitrogens with zero attached hydrogens (tertiary/aromatic N) is 1. The number of hydrogen-bond acceptors (Lipinski definition) is 4. The molecular weight excluding hydrogens is 286 g/mol. The Labute approximate surface area is 118 Å². The average molecular weight is 304 g/mol. The van der Waals surface area contributed by atoms with E-state index in [9.17, 15) is 13.5 Å². The topological polar surface area (TPSA) is 57.6 Å². The number of aliphatic hydroxyl groups excluding tert-OH is 1. The summed E-state index contributed by atoms with van der Waals surface area (Å²) in [6, 6.07) is 6.35. The second-order valence-electron chi connectivity index (χ2n) is 4.79. The molecule has 4 nitrogen and oxygen atoms in total. The van der Waals surface area contributed by atoms with Gasteiger partial charge in [-0.15, -0.1) is 0 Å². The molecule has 106 valence electrons. The van der Waals surface area contributed by atoms with Crippen LogP contribution in [0.1, 0.15) is 12.8 Å². The first kappa shape index (κ1) is 14.8. The molecule has 0 spiro atoms. The van der Waals surface area contributed by atoms with Crippen LogP contribution in [0.4, 0.5) is 0 Å². The van der Waals surface area contributed by atoms with Crippen molar-refractivity contribution in [1.82, 2.24) is 4.90 Å². The monoisotopic (exact) mass is 303 g/mol. The molecule has 0 aliphatic carbocycles. The quantitative estimate of drug-likeness (QED) is 0.897. The van der Waals surface area contributed by atoms with E-state index in [4.69, 9.17) is 11.6 Å². The molecule has 1 saturated heterocycles. The number of benzene rings is 1. The Morgan fingerprint density at radius 2 is 2.00 bits per heavy atom. The third-order valence-electron chi connectivity index (χ3n) is 3.53. The molecule has 1 aliphatic rings. The molecular formula is C13H18ClNO3S. The molecule has 1 aromatic carbocycles. The van der Waals surface area contributed by atoms with Gasteiger partial charge >= 0.3 is 0 Å². The van der Waals surface area contributed by atoms with Crippen molar-refractivity contribution in [2.24, 2.45) is 0 Å².